The molecule has 0 unspecified atom stereocenters. The molecule has 0 saturated heterocycles. The van der Waals surface area contributed by atoms with E-state index in [2.05, 4.69) is 0 Å². The van der Waals surface area contributed by atoms with Gasteiger partial charge in [-0.1, -0.05) is 11.6 Å². The minimum Gasteiger partial charge on any atom is -0.395 e. The summed E-state index contributed by atoms with van der Waals surface area (Å²) in [5, 5.41) is 9.03. The molecule has 1 rings (SSSR count). The Balaban J connectivity index is 3.03. The van der Waals surface area contributed by atoms with E-state index in [0.29, 0.717) is 11.6 Å². The zero-order valence-corrected chi connectivity index (χ0v) is 6.58. The van der Waals surface area contributed by atoms with E-state index in [1.165, 1.54) is 22.9 Å². The van der Waals surface area contributed by atoms with Gasteiger partial charge >= 0.3 is 0 Å². The predicted molar refractivity (Wildman–Crippen MR) is 42.8 cm³/mol. The molecule has 0 aliphatic heterocycles. The van der Waals surface area contributed by atoms with Crippen molar-refractivity contribution < 1.29 is 5.11 Å². The zero-order chi connectivity index (χ0) is 8.27. The summed E-state index contributed by atoms with van der Waals surface area (Å²) in [6, 6.07) is 2.90. The van der Waals surface area contributed by atoms with Crippen LogP contribution < -0.4 is 5.56 Å². The highest BCUT2D eigenvalue weighted by Gasteiger charge is 1.94. The minimum atomic E-state index is -0.150. The van der Waals surface area contributed by atoms with Gasteiger partial charge in [0.05, 0.1) is 11.6 Å². The third-order valence-electron chi connectivity index (χ3n) is 1.29. The second kappa shape index (κ2) is 3.55. The quantitative estimate of drug-likeness (QED) is 0.708. The van der Waals surface area contributed by atoms with Crippen molar-refractivity contribution in [3.63, 3.8) is 0 Å². The molecule has 0 aliphatic rings. The van der Waals surface area contributed by atoms with Crippen LogP contribution in [0, 0.1) is 0 Å². The number of aliphatic hydroxyl groups is 1. The highest BCUT2D eigenvalue weighted by atomic mass is 35.5. The van der Waals surface area contributed by atoms with E-state index in [9.17, 15) is 4.79 Å². The van der Waals surface area contributed by atoms with Gasteiger partial charge in [-0.3, -0.25) is 4.79 Å². The number of pyridine rings is 1. The molecule has 0 aromatic carbocycles. The van der Waals surface area contributed by atoms with E-state index >= 15 is 0 Å². The van der Waals surface area contributed by atoms with Crippen molar-refractivity contribution in [2.45, 2.75) is 6.54 Å². The Morgan fingerprint density at radius 3 is 2.91 bits per heavy atom. The molecule has 60 valence electrons. The van der Waals surface area contributed by atoms with Crippen LogP contribution in [0.3, 0.4) is 0 Å². The van der Waals surface area contributed by atoms with Crippen molar-refractivity contribution in [3.05, 3.63) is 33.7 Å². The first-order valence-electron chi connectivity index (χ1n) is 3.21. The largest absolute Gasteiger partial charge is 0.395 e. The van der Waals surface area contributed by atoms with Crippen LogP contribution in [0.25, 0.3) is 0 Å². The molecule has 0 atom stereocenters. The highest BCUT2D eigenvalue weighted by Crippen LogP contribution is 2.02. The summed E-state index contributed by atoms with van der Waals surface area (Å²) in [6.07, 6.45) is 1.50. The van der Waals surface area contributed by atoms with Gasteiger partial charge in [-0.05, 0) is 6.07 Å². The van der Waals surface area contributed by atoms with Gasteiger partial charge in [0.1, 0.15) is 0 Å². The molecular formula is C7H8ClNO2. The maximum absolute atomic E-state index is 11.0. The fourth-order valence-electron chi connectivity index (χ4n) is 0.785. The lowest BCUT2D eigenvalue weighted by Gasteiger charge is -2.01. The molecule has 3 nitrogen and oxygen atoms in total. The second-order valence-electron chi connectivity index (χ2n) is 2.10. The Labute approximate surface area is 68.8 Å². The predicted octanol–water partition coefficient (Wildman–Crippen LogP) is 0.494. The summed E-state index contributed by atoms with van der Waals surface area (Å²) in [5.74, 6) is 0. The summed E-state index contributed by atoms with van der Waals surface area (Å²) in [5.41, 5.74) is -0.150. The molecule has 11 heavy (non-hydrogen) atoms. The molecule has 0 spiro atoms. The van der Waals surface area contributed by atoms with Crippen LogP contribution in [-0.4, -0.2) is 16.3 Å². The molecule has 1 N–H and O–H groups in total. The number of hydrogen-bond donors (Lipinski definition) is 1. The summed E-state index contributed by atoms with van der Waals surface area (Å²) in [4.78, 5) is 11.0. The van der Waals surface area contributed by atoms with Crippen LogP contribution in [-0.2, 0) is 6.54 Å². The zero-order valence-electron chi connectivity index (χ0n) is 5.83. The molecule has 0 radical (unpaired) electrons. The van der Waals surface area contributed by atoms with E-state index in [0.717, 1.165) is 0 Å². The fourth-order valence-corrected chi connectivity index (χ4v) is 0.965. The summed E-state index contributed by atoms with van der Waals surface area (Å²) >= 11 is 5.61. The lowest BCUT2D eigenvalue weighted by molar-refractivity contribution is 0.274. The molecule has 0 bridgehead atoms. The maximum Gasteiger partial charge on any atom is 0.250 e. The average Bonchev–Trinajstić information content (AvgIpc) is 1.98. The molecule has 1 aromatic heterocycles. The third-order valence-corrected chi connectivity index (χ3v) is 1.51. The first kappa shape index (κ1) is 8.30. The van der Waals surface area contributed by atoms with Gasteiger partial charge in [0, 0.05) is 18.8 Å². The maximum atomic E-state index is 11.0. The van der Waals surface area contributed by atoms with Crippen molar-refractivity contribution in [2.24, 2.45) is 0 Å². The SMILES string of the molecule is O=c1ccc(Cl)cn1CCO. The van der Waals surface area contributed by atoms with Gasteiger partial charge < -0.3 is 9.67 Å². The Morgan fingerprint density at radius 1 is 1.55 bits per heavy atom. The standard InChI is InChI=1S/C7H8ClNO2/c8-6-1-2-7(11)9(5-6)3-4-10/h1-2,5,10H,3-4H2. The smallest absolute Gasteiger partial charge is 0.250 e. The Hall–Kier alpha value is -0.800. The van der Waals surface area contributed by atoms with Crippen molar-refractivity contribution in [1.29, 1.82) is 0 Å². The lowest BCUT2D eigenvalue weighted by Crippen LogP contribution is -2.19. The van der Waals surface area contributed by atoms with E-state index < -0.39 is 0 Å². The first-order valence-corrected chi connectivity index (χ1v) is 3.58. The summed E-state index contributed by atoms with van der Waals surface area (Å²) in [6.45, 7) is 0.236. The van der Waals surface area contributed by atoms with Gasteiger partial charge in [-0.25, -0.2) is 0 Å². The van der Waals surface area contributed by atoms with Crippen LogP contribution in [0.5, 0.6) is 0 Å². The Morgan fingerprint density at radius 2 is 2.27 bits per heavy atom. The number of halogens is 1. The first-order chi connectivity index (χ1) is 5.24. The van der Waals surface area contributed by atoms with Crippen LogP contribution >= 0.6 is 11.6 Å². The van der Waals surface area contributed by atoms with Crippen molar-refractivity contribution in [1.82, 2.24) is 4.57 Å². The van der Waals surface area contributed by atoms with Crippen molar-refractivity contribution in [3.8, 4) is 0 Å². The summed E-state index contributed by atoms with van der Waals surface area (Å²) in [7, 11) is 0. The van der Waals surface area contributed by atoms with Gasteiger partial charge in [-0.15, -0.1) is 0 Å². The lowest BCUT2D eigenvalue weighted by atomic mass is 10.4. The molecule has 0 fully saturated rings. The van der Waals surface area contributed by atoms with Crippen LogP contribution in [0.2, 0.25) is 5.02 Å². The number of hydrogen-bond acceptors (Lipinski definition) is 2. The van der Waals surface area contributed by atoms with E-state index in [4.69, 9.17) is 16.7 Å². The monoisotopic (exact) mass is 173 g/mol. The number of rotatable bonds is 2. The molecule has 1 aromatic rings. The van der Waals surface area contributed by atoms with Crippen LogP contribution in [0.15, 0.2) is 23.1 Å². The fraction of sp³-hybridized carbons (Fsp3) is 0.286. The number of aromatic nitrogens is 1. The second-order valence-corrected chi connectivity index (χ2v) is 2.54. The molecule has 1 heterocycles. The van der Waals surface area contributed by atoms with Crippen molar-refractivity contribution >= 4 is 11.6 Å². The topological polar surface area (TPSA) is 42.2 Å². The Bertz CT molecular complexity index is 295. The summed E-state index contributed by atoms with van der Waals surface area (Å²) < 4.78 is 1.36. The van der Waals surface area contributed by atoms with E-state index in [1.54, 1.807) is 0 Å². The normalized spacial score (nSPS) is 10.0. The molecule has 4 heteroatoms. The minimum absolute atomic E-state index is 0.0553. The van der Waals surface area contributed by atoms with Crippen LogP contribution in [0.1, 0.15) is 0 Å². The Kier molecular flexibility index (Phi) is 2.68. The highest BCUT2D eigenvalue weighted by molar-refractivity contribution is 6.30. The van der Waals surface area contributed by atoms with Crippen LogP contribution in [0.4, 0.5) is 0 Å². The third kappa shape index (κ3) is 2.06. The average molecular weight is 174 g/mol. The van der Waals surface area contributed by atoms with E-state index in [1.807, 2.05) is 0 Å². The van der Waals surface area contributed by atoms with E-state index in [-0.39, 0.29) is 12.2 Å². The van der Waals surface area contributed by atoms with Crippen molar-refractivity contribution in [2.75, 3.05) is 6.61 Å². The van der Waals surface area contributed by atoms with Gasteiger partial charge in [0.25, 0.3) is 5.56 Å². The van der Waals surface area contributed by atoms with Gasteiger partial charge in [-0.2, -0.15) is 0 Å². The number of nitrogens with zero attached hydrogens (tertiary/aromatic N) is 1. The molecule has 0 aliphatic carbocycles. The van der Waals surface area contributed by atoms with Gasteiger partial charge in [0.15, 0.2) is 0 Å². The molecular weight excluding hydrogens is 166 g/mol. The number of aliphatic hydroxyl groups excluding tert-OH is 1. The molecule has 0 amide bonds. The molecule has 0 saturated carbocycles. The van der Waals surface area contributed by atoms with Gasteiger partial charge in [0.2, 0.25) is 0 Å².